The number of nitrogens with zero attached hydrogens (tertiary/aromatic N) is 1. The molecule has 0 aromatic rings. The Labute approximate surface area is 105 Å². The summed E-state index contributed by atoms with van der Waals surface area (Å²) in [5.74, 6) is 0.513. The van der Waals surface area contributed by atoms with E-state index in [0.717, 1.165) is 25.9 Å². The molecule has 3 aliphatic heterocycles. The zero-order valence-electron chi connectivity index (χ0n) is 9.40. The summed E-state index contributed by atoms with van der Waals surface area (Å²) in [6, 6.07) is 0.993. The second-order valence-electron chi connectivity index (χ2n) is 5.26. The average Bonchev–Trinajstić information content (AvgIpc) is 2.85. The largest absolute Gasteiger partial charge is 0.381 e. The van der Waals surface area contributed by atoms with Gasteiger partial charge in [-0.1, -0.05) is 15.9 Å². The van der Waals surface area contributed by atoms with Crippen LogP contribution in [0.15, 0.2) is 0 Å². The van der Waals surface area contributed by atoms with E-state index in [4.69, 9.17) is 4.74 Å². The van der Waals surface area contributed by atoms with Crippen molar-refractivity contribution in [2.75, 3.05) is 13.2 Å². The van der Waals surface area contributed by atoms with Gasteiger partial charge in [0.2, 0.25) is 5.91 Å². The molecule has 1 amide bonds. The van der Waals surface area contributed by atoms with Crippen LogP contribution in [0.1, 0.15) is 32.1 Å². The van der Waals surface area contributed by atoms with Gasteiger partial charge in [0.25, 0.3) is 0 Å². The van der Waals surface area contributed by atoms with Gasteiger partial charge in [-0.25, -0.2) is 0 Å². The smallest absolute Gasteiger partial charge is 0.228 e. The minimum absolute atomic E-state index is 0.148. The van der Waals surface area contributed by atoms with Crippen LogP contribution in [0.3, 0.4) is 0 Å². The number of hydrogen-bond acceptors (Lipinski definition) is 2. The summed E-state index contributed by atoms with van der Waals surface area (Å²) in [5, 5.41) is 0. The standard InChI is InChI=1S/C12H18BrNO2/c13-9-5-10-1-2-11(6-9)14(10)12(15)8-3-4-16-7-8/h8-11H,1-7H2. The Bertz CT molecular complexity index is 277. The highest BCUT2D eigenvalue weighted by Crippen LogP contribution is 2.39. The molecule has 3 unspecified atom stereocenters. The molecule has 3 fully saturated rings. The predicted molar refractivity (Wildman–Crippen MR) is 64.5 cm³/mol. The highest BCUT2D eigenvalue weighted by Gasteiger charge is 2.44. The summed E-state index contributed by atoms with van der Waals surface area (Å²) < 4.78 is 5.32. The number of piperidine rings is 1. The minimum atomic E-state index is 0.148. The fraction of sp³-hybridized carbons (Fsp3) is 0.917. The fourth-order valence-corrected chi connectivity index (χ4v) is 4.27. The average molecular weight is 288 g/mol. The number of fused-ring (bicyclic) bond motifs is 2. The number of rotatable bonds is 1. The first-order valence-electron chi connectivity index (χ1n) is 6.29. The maximum atomic E-state index is 12.4. The van der Waals surface area contributed by atoms with E-state index in [1.54, 1.807) is 0 Å². The summed E-state index contributed by atoms with van der Waals surface area (Å²) in [7, 11) is 0. The van der Waals surface area contributed by atoms with Crippen molar-refractivity contribution in [2.45, 2.75) is 49.0 Å². The Morgan fingerprint density at radius 3 is 2.44 bits per heavy atom. The molecule has 16 heavy (non-hydrogen) atoms. The third-order valence-corrected chi connectivity index (χ3v) is 4.96. The van der Waals surface area contributed by atoms with Crippen LogP contribution in [0.25, 0.3) is 0 Å². The first-order chi connectivity index (χ1) is 7.75. The van der Waals surface area contributed by atoms with E-state index in [1.165, 1.54) is 12.8 Å². The molecule has 3 nitrogen and oxygen atoms in total. The summed E-state index contributed by atoms with van der Waals surface area (Å²) in [6.07, 6.45) is 5.59. The van der Waals surface area contributed by atoms with Gasteiger partial charge >= 0.3 is 0 Å². The van der Waals surface area contributed by atoms with Crippen molar-refractivity contribution in [3.05, 3.63) is 0 Å². The van der Waals surface area contributed by atoms with Crippen molar-refractivity contribution >= 4 is 21.8 Å². The monoisotopic (exact) mass is 287 g/mol. The molecule has 3 heterocycles. The summed E-state index contributed by atoms with van der Waals surface area (Å²) >= 11 is 3.71. The highest BCUT2D eigenvalue weighted by atomic mass is 79.9. The first kappa shape index (κ1) is 11.0. The van der Waals surface area contributed by atoms with Crippen LogP contribution in [0.5, 0.6) is 0 Å². The molecule has 3 saturated heterocycles. The number of amides is 1. The molecule has 3 atom stereocenters. The number of carbonyl (C=O) groups is 1. The second-order valence-corrected chi connectivity index (χ2v) is 6.55. The van der Waals surface area contributed by atoms with E-state index >= 15 is 0 Å². The van der Waals surface area contributed by atoms with Crippen LogP contribution in [-0.2, 0) is 9.53 Å². The van der Waals surface area contributed by atoms with Gasteiger partial charge in [-0.2, -0.15) is 0 Å². The third-order valence-electron chi connectivity index (χ3n) is 4.21. The van der Waals surface area contributed by atoms with Crippen molar-refractivity contribution in [3.63, 3.8) is 0 Å². The van der Waals surface area contributed by atoms with E-state index < -0.39 is 0 Å². The second kappa shape index (κ2) is 4.30. The zero-order valence-corrected chi connectivity index (χ0v) is 11.0. The molecule has 0 saturated carbocycles. The molecular formula is C12H18BrNO2. The molecule has 0 radical (unpaired) electrons. The molecule has 0 N–H and O–H groups in total. The lowest BCUT2D eigenvalue weighted by molar-refractivity contribution is -0.139. The van der Waals surface area contributed by atoms with Gasteiger partial charge < -0.3 is 9.64 Å². The normalized spacial score (nSPS) is 42.7. The van der Waals surface area contributed by atoms with Crippen molar-refractivity contribution < 1.29 is 9.53 Å². The number of ether oxygens (including phenoxy) is 1. The minimum Gasteiger partial charge on any atom is -0.381 e. The molecular weight excluding hydrogens is 270 g/mol. The lowest BCUT2D eigenvalue weighted by atomic mass is 9.99. The molecule has 0 aromatic carbocycles. The molecule has 3 aliphatic rings. The molecule has 90 valence electrons. The van der Waals surface area contributed by atoms with Gasteiger partial charge in [0.15, 0.2) is 0 Å². The van der Waals surface area contributed by atoms with Crippen LogP contribution in [0.4, 0.5) is 0 Å². The predicted octanol–water partition coefficient (Wildman–Crippen LogP) is 1.94. The fourth-order valence-electron chi connectivity index (χ4n) is 3.41. The van der Waals surface area contributed by atoms with E-state index in [-0.39, 0.29) is 5.92 Å². The number of hydrogen-bond donors (Lipinski definition) is 0. The number of halogens is 1. The Balaban J connectivity index is 1.72. The first-order valence-corrected chi connectivity index (χ1v) is 7.21. The molecule has 3 rings (SSSR count). The van der Waals surface area contributed by atoms with E-state index in [2.05, 4.69) is 20.8 Å². The maximum Gasteiger partial charge on any atom is 0.228 e. The third kappa shape index (κ3) is 1.80. The highest BCUT2D eigenvalue weighted by molar-refractivity contribution is 9.09. The SMILES string of the molecule is O=C(C1CCOC1)N1C2CCC1CC(Br)C2. The van der Waals surface area contributed by atoms with Gasteiger partial charge in [-0.3, -0.25) is 4.79 Å². The van der Waals surface area contributed by atoms with E-state index in [0.29, 0.717) is 29.4 Å². The Morgan fingerprint density at radius 2 is 1.88 bits per heavy atom. The summed E-state index contributed by atoms with van der Waals surface area (Å²) in [5.41, 5.74) is 0. The summed E-state index contributed by atoms with van der Waals surface area (Å²) in [6.45, 7) is 1.41. The lowest BCUT2D eigenvalue weighted by Gasteiger charge is -2.38. The van der Waals surface area contributed by atoms with Crippen molar-refractivity contribution in [1.29, 1.82) is 0 Å². The van der Waals surface area contributed by atoms with Crippen LogP contribution >= 0.6 is 15.9 Å². The van der Waals surface area contributed by atoms with E-state index in [9.17, 15) is 4.79 Å². The molecule has 4 heteroatoms. The van der Waals surface area contributed by atoms with Gasteiger partial charge in [0, 0.05) is 23.5 Å². The van der Waals surface area contributed by atoms with Crippen LogP contribution < -0.4 is 0 Å². The van der Waals surface area contributed by atoms with Crippen molar-refractivity contribution in [1.82, 2.24) is 4.90 Å². The Kier molecular flexibility index (Phi) is 2.96. The molecule has 2 bridgehead atoms. The van der Waals surface area contributed by atoms with Crippen molar-refractivity contribution in [3.8, 4) is 0 Å². The van der Waals surface area contributed by atoms with Crippen LogP contribution in [0.2, 0.25) is 0 Å². The number of carbonyl (C=O) groups excluding carboxylic acids is 1. The van der Waals surface area contributed by atoms with Gasteiger partial charge in [-0.05, 0) is 32.1 Å². The topological polar surface area (TPSA) is 29.5 Å². The summed E-state index contributed by atoms with van der Waals surface area (Å²) in [4.78, 5) is 15.2. The van der Waals surface area contributed by atoms with Crippen molar-refractivity contribution in [2.24, 2.45) is 5.92 Å². The molecule has 0 spiro atoms. The maximum absolute atomic E-state index is 12.4. The van der Waals surface area contributed by atoms with Gasteiger partial charge in [0.1, 0.15) is 0 Å². The van der Waals surface area contributed by atoms with Crippen LogP contribution in [-0.4, -0.2) is 40.9 Å². The molecule has 0 aromatic heterocycles. The number of alkyl halides is 1. The van der Waals surface area contributed by atoms with E-state index in [1.807, 2.05) is 0 Å². The molecule has 0 aliphatic carbocycles. The lowest BCUT2D eigenvalue weighted by Crippen LogP contribution is -2.49. The Hall–Kier alpha value is -0.0900. The van der Waals surface area contributed by atoms with Gasteiger partial charge in [0.05, 0.1) is 12.5 Å². The zero-order chi connectivity index (χ0) is 11.1. The Morgan fingerprint density at radius 1 is 1.19 bits per heavy atom. The van der Waals surface area contributed by atoms with Gasteiger partial charge in [-0.15, -0.1) is 0 Å². The quantitative estimate of drug-likeness (QED) is 0.690. The van der Waals surface area contributed by atoms with Crippen LogP contribution in [0, 0.1) is 5.92 Å².